The van der Waals surface area contributed by atoms with E-state index in [2.05, 4.69) is 24.9 Å². The van der Waals surface area contributed by atoms with Gasteiger partial charge in [-0.15, -0.1) is 0 Å². The van der Waals surface area contributed by atoms with Crippen molar-refractivity contribution >= 4 is 0 Å². The third-order valence-electron chi connectivity index (χ3n) is 6.15. The summed E-state index contributed by atoms with van der Waals surface area (Å²) in [5.74, 6) is 0.405. The predicted octanol–water partition coefficient (Wildman–Crippen LogP) is 5.85. The topological polar surface area (TPSA) is 78.6 Å². The SMILES string of the molecule is COc1ncnc(C2CC2)c1-c1ncc(C(F)(F)F)c(Cc2ccc(-c3nc(C(F)(F)F)cn3C)cc2)n1. The molecule has 38 heavy (non-hydrogen) atoms. The second-order valence-electron chi connectivity index (χ2n) is 8.90. The van der Waals surface area contributed by atoms with Crippen molar-refractivity contribution < 1.29 is 31.1 Å². The minimum Gasteiger partial charge on any atom is -0.480 e. The average molecular weight is 534 g/mol. The lowest BCUT2D eigenvalue weighted by molar-refractivity contribution is -0.141. The first-order valence-corrected chi connectivity index (χ1v) is 11.5. The normalized spacial score (nSPS) is 14.1. The van der Waals surface area contributed by atoms with Gasteiger partial charge in [-0.3, -0.25) is 0 Å². The molecular weight excluding hydrogens is 514 g/mol. The molecule has 1 aliphatic rings. The lowest BCUT2D eigenvalue weighted by Crippen LogP contribution is -2.14. The fourth-order valence-electron chi connectivity index (χ4n) is 4.16. The summed E-state index contributed by atoms with van der Waals surface area (Å²) in [6, 6.07) is 6.07. The van der Waals surface area contributed by atoms with Crippen molar-refractivity contribution in [2.24, 2.45) is 7.05 Å². The molecule has 0 amide bonds. The summed E-state index contributed by atoms with van der Waals surface area (Å²) < 4.78 is 87.2. The Morgan fingerprint density at radius 2 is 1.66 bits per heavy atom. The molecule has 3 heterocycles. The van der Waals surface area contributed by atoms with Crippen LogP contribution in [0.5, 0.6) is 5.88 Å². The molecule has 1 aliphatic carbocycles. The highest BCUT2D eigenvalue weighted by Crippen LogP contribution is 2.45. The van der Waals surface area contributed by atoms with Gasteiger partial charge in [0.05, 0.1) is 24.1 Å². The first kappa shape index (κ1) is 25.6. The van der Waals surface area contributed by atoms with Gasteiger partial charge in [0.25, 0.3) is 0 Å². The van der Waals surface area contributed by atoms with E-state index in [1.165, 1.54) is 49.3 Å². The van der Waals surface area contributed by atoms with E-state index in [1.807, 2.05) is 0 Å². The van der Waals surface area contributed by atoms with Crippen LogP contribution in [0.2, 0.25) is 0 Å². The second kappa shape index (κ2) is 9.37. The number of nitrogens with zero attached hydrogens (tertiary/aromatic N) is 6. The molecule has 0 saturated heterocycles. The van der Waals surface area contributed by atoms with Gasteiger partial charge in [0, 0.05) is 37.3 Å². The van der Waals surface area contributed by atoms with E-state index in [1.54, 1.807) is 0 Å². The molecule has 1 fully saturated rings. The van der Waals surface area contributed by atoms with Crippen molar-refractivity contribution in [1.82, 2.24) is 29.5 Å². The van der Waals surface area contributed by atoms with E-state index >= 15 is 0 Å². The van der Waals surface area contributed by atoms with Crippen LogP contribution in [-0.4, -0.2) is 36.6 Å². The van der Waals surface area contributed by atoms with Crippen molar-refractivity contribution in [2.75, 3.05) is 7.11 Å². The Morgan fingerprint density at radius 3 is 2.24 bits per heavy atom. The van der Waals surface area contributed by atoms with Crippen molar-refractivity contribution in [2.45, 2.75) is 37.5 Å². The molecule has 0 spiro atoms. The van der Waals surface area contributed by atoms with Crippen LogP contribution in [0, 0.1) is 0 Å². The van der Waals surface area contributed by atoms with Crippen LogP contribution in [0.1, 0.15) is 47.0 Å². The number of aromatic nitrogens is 6. The molecule has 0 aliphatic heterocycles. The van der Waals surface area contributed by atoms with Crippen LogP contribution in [0.3, 0.4) is 0 Å². The Bertz CT molecular complexity index is 1480. The molecular formula is C25H20F6N6O. The molecule has 4 aromatic rings. The smallest absolute Gasteiger partial charge is 0.434 e. The summed E-state index contributed by atoms with van der Waals surface area (Å²) in [5, 5.41) is 0. The second-order valence-corrected chi connectivity index (χ2v) is 8.90. The number of imidazole rings is 1. The summed E-state index contributed by atoms with van der Waals surface area (Å²) in [7, 11) is 2.83. The van der Waals surface area contributed by atoms with Crippen molar-refractivity contribution in [3.8, 4) is 28.7 Å². The lowest BCUT2D eigenvalue weighted by atomic mass is 10.0. The number of halogens is 6. The predicted molar refractivity (Wildman–Crippen MR) is 123 cm³/mol. The summed E-state index contributed by atoms with van der Waals surface area (Å²) in [6.07, 6.45) is -4.79. The van der Waals surface area contributed by atoms with Crippen LogP contribution in [0.25, 0.3) is 22.8 Å². The highest BCUT2D eigenvalue weighted by molar-refractivity contribution is 5.66. The zero-order valence-corrected chi connectivity index (χ0v) is 20.1. The molecule has 0 N–H and O–H groups in total. The van der Waals surface area contributed by atoms with Gasteiger partial charge < -0.3 is 9.30 Å². The van der Waals surface area contributed by atoms with Crippen LogP contribution in [-0.2, 0) is 25.8 Å². The van der Waals surface area contributed by atoms with E-state index in [9.17, 15) is 26.3 Å². The number of rotatable bonds is 6. The van der Waals surface area contributed by atoms with Crippen LogP contribution in [0.15, 0.2) is 43.0 Å². The van der Waals surface area contributed by atoms with Gasteiger partial charge in [-0.25, -0.2) is 24.9 Å². The van der Waals surface area contributed by atoms with Gasteiger partial charge in [-0.1, -0.05) is 24.3 Å². The van der Waals surface area contributed by atoms with Crippen LogP contribution < -0.4 is 4.74 Å². The van der Waals surface area contributed by atoms with E-state index in [4.69, 9.17) is 4.74 Å². The highest BCUT2D eigenvalue weighted by Gasteiger charge is 2.37. The minimum atomic E-state index is -4.70. The fourth-order valence-corrected chi connectivity index (χ4v) is 4.16. The summed E-state index contributed by atoms with van der Waals surface area (Å²) in [6.45, 7) is 0. The van der Waals surface area contributed by atoms with E-state index in [-0.39, 0.29) is 35.6 Å². The van der Waals surface area contributed by atoms with E-state index in [0.29, 0.717) is 22.4 Å². The van der Waals surface area contributed by atoms with E-state index in [0.717, 1.165) is 25.2 Å². The molecule has 3 aromatic heterocycles. The van der Waals surface area contributed by atoms with Gasteiger partial charge in [-0.2, -0.15) is 26.3 Å². The lowest BCUT2D eigenvalue weighted by Gasteiger charge is -2.15. The largest absolute Gasteiger partial charge is 0.480 e. The first-order valence-electron chi connectivity index (χ1n) is 11.5. The molecule has 5 rings (SSSR count). The summed E-state index contributed by atoms with van der Waals surface area (Å²) in [5.41, 5.74) is -0.460. The third kappa shape index (κ3) is 5.04. The molecule has 0 atom stereocenters. The van der Waals surface area contributed by atoms with Gasteiger partial charge in [0.2, 0.25) is 5.88 Å². The van der Waals surface area contributed by atoms with Crippen LogP contribution >= 0.6 is 0 Å². The van der Waals surface area contributed by atoms with Gasteiger partial charge in [-0.05, 0) is 18.4 Å². The highest BCUT2D eigenvalue weighted by atomic mass is 19.4. The number of hydrogen-bond donors (Lipinski definition) is 0. The molecule has 0 bridgehead atoms. The molecule has 1 saturated carbocycles. The Morgan fingerprint density at radius 1 is 0.947 bits per heavy atom. The van der Waals surface area contributed by atoms with Crippen molar-refractivity contribution in [3.05, 3.63) is 71.2 Å². The molecule has 0 unspecified atom stereocenters. The summed E-state index contributed by atoms with van der Waals surface area (Å²) >= 11 is 0. The van der Waals surface area contributed by atoms with E-state index < -0.39 is 23.6 Å². The molecule has 7 nitrogen and oxygen atoms in total. The van der Waals surface area contributed by atoms with Gasteiger partial charge >= 0.3 is 12.4 Å². The zero-order chi connectivity index (χ0) is 27.2. The Hall–Kier alpha value is -4.03. The standard InChI is InChI=1S/C25H20F6N6O/c1-37-11-18(25(29,30)31)36-22(37)15-5-3-13(4-6-15)9-17-16(24(26,27)28)10-32-21(35-17)19-20(14-7-8-14)33-12-34-23(19)38-2/h3-6,10-12,14H,7-9H2,1-2H3. The maximum atomic E-state index is 13.8. The number of aryl methyl sites for hydroxylation is 1. The average Bonchev–Trinajstić information content (AvgIpc) is 3.63. The Labute approximate surface area is 212 Å². The minimum absolute atomic E-state index is 0.0247. The number of hydrogen-bond acceptors (Lipinski definition) is 6. The number of methoxy groups -OCH3 is 1. The summed E-state index contributed by atoms with van der Waals surface area (Å²) in [4.78, 5) is 20.3. The first-order chi connectivity index (χ1) is 18.0. The Balaban J connectivity index is 1.51. The quantitative estimate of drug-likeness (QED) is 0.289. The maximum Gasteiger partial charge on any atom is 0.434 e. The van der Waals surface area contributed by atoms with Crippen LogP contribution in [0.4, 0.5) is 26.3 Å². The third-order valence-corrected chi connectivity index (χ3v) is 6.15. The zero-order valence-electron chi connectivity index (χ0n) is 20.1. The van der Waals surface area contributed by atoms with Crippen molar-refractivity contribution in [3.63, 3.8) is 0 Å². The van der Waals surface area contributed by atoms with Crippen molar-refractivity contribution in [1.29, 1.82) is 0 Å². The van der Waals surface area contributed by atoms with Gasteiger partial charge in [0.15, 0.2) is 11.5 Å². The maximum absolute atomic E-state index is 13.8. The molecule has 198 valence electrons. The number of benzene rings is 1. The number of alkyl halides is 6. The monoisotopic (exact) mass is 534 g/mol. The fraction of sp³-hybridized carbons (Fsp3) is 0.320. The molecule has 0 radical (unpaired) electrons. The molecule has 1 aromatic carbocycles. The number of ether oxygens (including phenoxy) is 1. The molecule has 13 heteroatoms. The van der Waals surface area contributed by atoms with Gasteiger partial charge in [0.1, 0.15) is 17.7 Å². The Kier molecular flexibility index (Phi) is 6.32.